The molecule has 0 aromatic carbocycles. The minimum absolute atomic E-state index is 0.0755. The maximum Gasteiger partial charge on any atom is 0.0637 e. The Bertz CT molecular complexity index is 388. The Kier molecular flexibility index (Phi) is 5.29. The smallest absolute Gasteiger partial charge is 0.0637 e. The summed E-state index contributed by atoms with van der Waals surface area (Å²) in [5.41, 5.74) is 3.51. The summed E-state index contributed by atoms with van der Waals surface area (Å²) in [6, 6.07) is 2.62. The number of rotatable bonds is 6. The molecule has 0 amide bonds. The van der Waals surface area contributed by atoms with E-state index in [-0.39, 0.29) is 5.60 Å². The fraction of sp³-hybridized carbons (Fsp3) is 0.667. The van der Waals surface area contributed by atoms with E-state index in [2.05, 4.69) is 44.1 Å². The van der Waals surface area contributed by atoms with Gasteiger partial charge in [-0.15, -0.1) is 0 Å². The normalized spacial score (nSPS) is 13.7. The van der Waals surface area contributed by atoms with Gasteiger partial charge >= 0.3 is 0 Å². The zero-order valence-corrected chi connectivity index (χ0v) is 12.5. The number of nitrogens with one attached hydrogen (secondary N) is 1. The molecule has 18 heavy (non-hydrogen) atoms. The van der Waals surface area contributed by atoms with Gasteiger partial charge in [0.2, 0.25) is 0 Å². The van der Waals surface area contributed by atoms with Crippen molar-refractivity contribution in [2.75, 3.05) is 7.11 Å². The Morgan fingerprint density at radius 3 is 2.61 bits per heavy atom. The number of nitrogens with zero attached hydrogens (tertiary/aromatic N) is 1. The van der Waals surface area contributed by atoms with Gasteiger partial charge in [-0.1, -0.05) is 6.07 Å². The van der Waals surface area contributed by atoms with E-state index < -0.39 is 0 Å². The number of hydrogen-bond acceptors (Lipinski definition) is 3. The van der Waals surface area contributed by atoms with Crippen molar-refractivity contribution in [3.8, 4) is 0 Å². The van der Waals surface area contributed by atoms with Gasteiger partial charge in [-0.25, -0.2) is 0 Å². The SMILES string of the molecule is COC(C)(C)C[C@H](C)NCc1cnc(C)c(C)c1. The van der Waals surface area contributed by atoms with Gasteiger partial charge in [0.25, 0.3) is 0 Å². The monoisotopic (exact) mass is 250 g/mol. The van der Waals surface area contributed by atoms with Crippen molar-refractivity contribution < 1.29 is 4.74 Å². The Morgan fingerprint density at radius 1 is 1.39 bits per heavy atom. The molecule has 1 heterocycles. The molecule has 3 heteroatoms. The summed E-state index contributed by atoms with van der Waals surface area (Å²) < 4.78 is 5.44. The van der Waals surface area contributed by atoms with Crippen LogP contribution >= 0.6 is 0 Å². The van der Waals surface area contributed by atoms with E-state index in [1.54, 1.807) is 7.11 Å². The lowest BCUT2D eigenvalue weighted by Crippen LogP contribution is -2.35. The highest BCUT2D eigenvalue weighted by Crippen LogP contribution is 2.15. The lowest BCUT2D eigenvalue weighted by molar-refractivity contribution is 0.00844. The first-order valence-corrected chi connectivity index (χ1v) is 6.55. The summed E-state index contributed by atoms with van der Waals surface area (Å²) in [4.78, 5) is 4.38. The van der Waals surface area contributed by atoms with Crippen LogP contribution in [-0.4, -0.2) is 23.7 Å². The molecule has 1 rings (SSSR count). The highest BCUT2D eigenvalue weighted by Gasteiger charge is 2.19. The summed E-state index contributed by atoms with van der Waals surface area (Å²) in [7, 11) is 1.76. The standard InChI is InChI=1S/C15H26N2O/c1-11-7-14(10-17-13(11)3)9-16-12(2)8-15(4,5)18-6/h7,10,12,16H,8-9H2,1-6H3/t12-/m0/s1. The molecule has 0 spiro atoms. The van der Waals surface area contributed by atoms with Crippen molar-refractivity contribution in [3.63, 3.8) is 0 Å². The van der Waals surface area contributed by atoms with Crippen LogP contribution in [0.15, 0.2) is 12.3 Å². The lowest BCUT2D eigenvalue weighted by Gasteiger charge is -2.27. The van der Waals surface area contributed by atoms with Gasteiger partial charge in [-0.05, 0) is 52.2 Å². The van der Waals surface area contributed by atoms with E-state index in [9.17, 15) is 0 Å². The first-order valence-electron chi connectivity index (χ1n) is 6.55. The molecule has 102 valence electrons. The van der Waals surface area contributed by atoms with Gasteiger partial charge in [0.15, 0.2) is 0 Å². The van der Waals surface area contributed by atoms with Crippen molar-refractivity contribution >= 4 is 0 Å². The summed E-state index contributed by atoms with van der Waals surface area (Å²) >= 11 is 0. The quantitative estimate of drug-likeness (QED) is 0.842. The Morgan fingerprint density at radius 2 is 2.06 bits per heavy atom. The molecule has 1 aromatic rings. The van der Waals surface area contributed by atoms with Crippen LogP contribution in [0.2, 0.25) is 0 Å². The van der Waals surface area contributed by atoms with Crippen LogP contribution in [0.1, 0.15) is 44.0 Å². The van der Waals surface area contributed by atoms with E-state index in [4.69, 9.17) is 4.74 Å². The van der Waals surface area contributed by atoms with Crippen molar-refractivity contribution in [2.24, 2.45) is 0 Å². The summed E-state index contributed by atoms with van der Waals surface area (Å²) in [6.45, 7) is 11.4. The molecule has 0 bridgehead atoms. The zero-order chi connectivity index (χ0) is 13.8. The van der Waals surface area contributed by atoms with Crippen LogP contribution in [-0.2, 0) is 11.3 Å². The number of aryl methyl sites for hydroxylation is 2. The topological polar surface area (TPSA) is 34.1 Å². The molecule has 1 N–H and O–H groups in total. The Balaban J connectivity index is 2.47. The third-order valence-corrected chi connectivity index (χ3v) is 3.40. The largest absolute Gasteiger partial charge is 0.379 e. The fourth-order valence-corrected chi connectivity index (χ4v) is 1.98. The van der Waals surface area contributed by atoms with Gasteiger partial charge < -0.3 is 10.1 Å². The zero-order valence-electron chi connectivity index (χ0n) is 12.5. The van der Waals surface area contributed by atoms with Crippen molar-refractivity contribution in [2.45, 2.75) is 59.2 Å². The summed E-state index contributed by atoms with van der Waals surface area (Å²) in [5.74, 6) is 0. The summed E-state index contributed by atoms with van der Waals surface area (Å²) in [5, 5.41) is 3.52. The van der Waals surface area contributed by atoms with E-state index in [1.807, 2.05) is 13.1 Å². The van der Waals surface area contributed by atoms with E-state index in [0.717, 1.165) is 18.7 Å². The summed E-state index contributed by atoms with van der Waals surface area (Å²) in [6.07, 6.45) is 2.94. The van der Waals surface area contributed by atoms with E-state index in [0.29, 0.717) is 6.04 Å². The van der Waals surface area contributed by atoms with Crippen LogP contribution in [0.25, 0.3) is 0 Å². The molecule has 0 radical (unpaired) electrons. The maximum absolute atomic E-state index is 5.44. The number of methoxy groups -OCH3 is 1. The predicted molar refractivity (Wildman–Crippen MR) is 75.7 cm³/mol. The van der Waals surface area contributed by atoms with Gasteiger partial charge in [-0.2, -0.15) is 0 Å². The molecular weight excluding hydrogens is 224 g/mol. The number of hydrogen-bond donors (Lipinski definition) is 1. The average molecular weight is 250 g/mol. The van der Waals surface area contributed by atoms with Crippen LogP contribution < -0.4 is 5.32 Å². The minimum Gasteiger partial charge on any atom is -0.379 e. The second-order valence-electron chi connectivity index (χ2n) is 5.70. The molecular formula is C15H26N2O. The predicted octanol–water partition coefficient (Wildman–Crippen LogP) is 2.99. The highest BCUT2D eigenvalue weighted by atomic mass is 16.5. The maximum atomic E-state index is 5.44. The molecule has 0 aliphatic rings. The van der Waals surface area contributed by atoms with Crippen LogP contribution in [0.5, 0.6) is 0 Å². The molecule has 1 aromatic heterocycles. The fourth-order valence-electron chi connectivity index (χ4n) is 1.98. The molecule has 0 saturated heterocycles. The third-order valence-electron chi connectivity index (χ3n) is 3.40. The molecule has 0 aliphatic carbocycles. The number of ether oxygens (including phenoxy) is 1. The lowest BCUT2D eigenvalue weighted by atomic mass is 10.00. The molecule has 0 unspecified atom stereocenters. The Labute approximate surface area is 111 Å². The second-order valence-corrected chi connectivity index (χ2v) is 5.70. The van der Waals surface area contributed by atoms with Gasteiger partial charge in [0, 0.05) is 31.6 Å². The van der Waals surface area contributed by atoms with Gasteiger partial charge in [0.1, 0.15) is 0 Å². The molecule has 0 saturated carbocycles. The van der Waals surface area contributed by atoms with Crippen molar-refractivity contribution in [3.05, 3.63) is 29.1 Å². The third kappa shape index (κ3) is 4.75. The van der Waals surface area contributed by atoms with Crippen LogP contribution in [0, 0.1) is 13.8 Å². The first-order chi connectivity index (χ1) is 8.34. The molecule has 0 fully saturated rings. The molecule has 3 nitrogen and oxygen atoms in total. The van der Waals surface area contributed by atoms with Gasteiger partial charge in [0.05, 0.1) is 5.60 Å². The van der Waals surface area contributed by atoms with Crippen LogP contribution in [0.4, 0.5) is 0 Å². The highest BCUT2D eigenvalue weighted by molar-refractivity contribution is 5.22. The van der Waals surface area contributed by atoms with E-state index >= 15 is 0 Å². The Hall–Kier alpha value is -0.930. The average Bonchev–Trinajstić information content (AvgIpc) is 2.30. The van der Waals surface area contributed by atoms with Crippen LogP contribution in [0.3, 0.4) is 0 Å². The minimum atomic E-state index is -0.0755. The first kappa shape index (κ1) is 15.1. The van der Waals surface area contributed by atoms with Crippen molar-refractivity contribution in [1.82, 2.24) is 10.3 Å². The number of pyridine rings is 1. The number of aromatic nitrogens is 1. The van der Waals surface area contributed by atoms with Crippen molar-refractivity contribution in [1.29, 1.82) is 0 Å². The van der Waals surface area contributed by atoms with Gasteiger partial charge in [-0.3, -0.25) is 4.98 Å². The second kappa shape index (κ2) is 6.30. The molecule has 1 atom stereocenters. The van der Waals surface area contributed by atoms with E-state index in [1.165, 1.54) is 11.1 Å². The molecule has 0 aliphatic heterocycles.